The van der Waals surface area contributed by atoms with Crippen LogP contribution in [0.1, 0.15) is 20.3 Å². The summed E-state index contributed by atoms with van der Waals surface area (Å²) in [6.07, 6.45) is 1.97. The molecule has 0 aromatic heterocycles. The number of sulfone groups is 1. The molecule has 1 fully saturated rings. The minimum atomic E-state index is -3.44. The van der Waals surface area contributed by atoms with Crippen molar-refractivity contribution in [3.8, 4) is 0 Å². The normalized spacial score (nSPS) is 20.9. The van der Waals surface area contributed by atoms with E-state index in [1.54, 1.807) is 0 Å². The number of hydrogen-bond acceptors (Lipinski definition) is 5. The van der Waals surface area contributed by atoms with Crippen molar-refractivity contribution in [1.82, 2.24) is 0 Å². The summed E-state index contributed by atoms with van der Waals surface area (Å²) in [6.45, 7) is 4.14. The molecule has 1 saturated carbocycles. The summed E-state index contributed by atoms with van der Waals surface area (Å²) in [5.41, 5.74) is 0.294. The quantitative estimate of drug-likeness (QED) is 0.676. The Hall–Kier alpha value is -1.63. The van der Waals surface area contributed by atoms with Crippen molar-refractivity contribution in [2.45, 2.75) is 31.2 Å². The van der Waals surface area contributed by atoms with Gasteiger partial charge in [-0.1, -0.05) is 13.8 Å². The Kier molecular flexibility index (Phi) is 3.04. The highest BCUT2D eigenvalue weighted by Gasteiger charge is 2.46. The number of rotatable bonds is 4. The SMILES string of the molecule is CC1(C)CC1Nc1ccc(S(C)(=O)=O)cc1[N+](=O)[O-]. The van der Waals surface area contributed by atoms with Crippen LogP contribution in [0, 0.1) is 15.5 Å². The molecule has 2 rings (SSSR count). The van der Waals surface area contributed by atoms with Crippen molar-refractivity contribution >= 4 is 21.2 Å². The van der Waals surface area contributed by atoms with Crippen LogP contribution < -0.4 is 5.32 Å². The zero-order valence-electron chi connectivity index (χ0n) is 11.0. The zero-order chi connectivity index (χ0) is 14.4. The second-order valence-corrected chi connectivity index (χ2v) is 7.61. The van der Waals surface area contributed by atoms with Crippen LogP contribution in [0.15, 0.2) is 23.1 Å². The van der Waals surface area contributed by atoms with Crippen LogP contribution in [0.5, 0.6) is 0 Å². The summed E-state index contributed by atoms with van der Waals surface area (Å²) in [4.78, 5) is 10.4. The minimum absolute atomic E-state index is 0.0418. The third kappa shape index (κ3) is 2.86. The Labute approximate surface area is 111 Å². The molecule has 1 N–H and O–H groups in total. The fourth-order valence-corrected chi connectivity index (χ4v) is 2.56. The predicted octanol–water partition coefficient (Wildman–Crippen LogP) is 2.21. The molecular formula is C12H16N2O4S. The average molecular weight is 284 g/mol. The molecule has 0 saturated heterocycles. The van der Waals surface area contributed by atoms with Gasteiger partial charge >= 0.3 is 0 Å². The van der Waals surface area contributed by atoms with Gasteiger partial charge in [0.05, 0.1) is 9.82 Å². The van der Waals surface area contributed by atoms with Crippen molar-refractivity contribution in [3.05, 3.63) is 28.3 Å². The van der Waals surface area contributed by atoms with Gasteiger partial charge in [-0.05, 0) is 24.0 Å². The molecule has 1 aromatic carbocycles. The lowest BCUT2D eigenvalue weighted by atomic mass is 10.2. The third-order valence-corrected chi connectivity index (χ3v) is 4.55. The Morgan fingerprint density at radius 1 is 1.42 bits per heavy atom. The molecule has 6 nitrogen and oxygen atoms in total. The van der Waals surface area contributed by atoms with Gasteiger partial charge < -0.3 is 5.32 Å². The van der Waals surface area contributed by atoms with Gasteiger partial charge in [0.15, 0.2) is 9.84 Å². The number of nitro groups is 1. The first-order valence-electron chi connectivity index (χ1n) is 5.86. The molecule has 0 spiro atoms. The van der Waals surface area contributed by atoms with Gasteiger partial charge in [0, 0.05) is 18.4 Å². The first-order valence-corrected chi connectivity index (χ1v) is 7.75. The van der Waals surface area contributed by atoms with Gasteiger partial charge in [0.2, 0.25) is 0 Å². The maximum atomic E-state index is 11.4. The Balaban J connectivity index is 2.37. The average Bonchev–Trinajstić information content (AvgIpc) is 2.84. The second-order valence-electron chi connectivity index (χ2n) is 5.60. The van der Waals surface area contributed by atoms with Gasteiger partial charge in [-0.15, -0.1) is 0 Å². The monoisotopic (exact) mass is 284 g/mol. The zero-order valence-corrected chi connectivity index (χ0v) is 11.8. The fourth-order valence-electron chi connectivity index (χ4n) is 1.92. The number of nitrogens with one attached hydrogen (secondary N) is 1. The number of nitro benzene ring substituents is 1. The van der Waals surface area contributed by atoms with Gasteiger partial charge in [-0.25, -0.2) is 8.42 Å². The lowest BCUT2D eigenvalue weighted by molar-refractivity contribution is -0.384. The van der Waals surface area contributed by atoms with Crippen molar-refractivity contribution < 1.29 is 13.3 Å². The topological polar surface area (TPSA) is 89.3 Å². The molecule has 0 bridgehead atoms. The molecule has 1 unspecified atom stereocenters. The smallest absolute Gasteiger partial charge is 0.293 e. The molecule has 7 heteroatoms. The maximum absolute atomic E-state index is 11.4. The van der Waals surface area contributed by atoms with E-state index >= 15 is 0 Å². The maximum Gasteiger partial charge on any atom is 0.293 e. The molecule has 1 aliphatic rings. The van der Waals surface area contributed by atoms with Crippen LogP contribution in [0.3, 0.4) is 0 Å². The van der Waals surface area contributed by atoms with Crippen LogP contribution in [0.2, 0.25) is 0 Å². The van der Waals surface area contributed by atoms with Crippen LogP contribution >= 0.6 is 0 Å². The summed E-state index contributed by atoms with van der Waals surface area (Å²) >= 11 is 0. The fraction of sp³-hybridized carbons (Fsp3) is 0.500. The highest BCUT2D eigenvalue weighted by atomic mass is 32.2. The van der Waals surface area contributed by atoms with Gasteiger partial charge in [-0.3, -0.25) is 10.1 Å². The van der Waals surface area contributed by atoms with Crippen LogP contribution in [0.4, 0.5) is 11.4 Å². The number of hydrogen-bond donors (Lipinski definition) is 1. The van der Waals surface area contributed by atoms with E-state index in [1.807, 2.05) is 0 Å². The lowest BCUT2D eigenvalue weighted by Gasteiger charge is -2.09. The Bertz CT molecular complexity index is 637. The van der Waals surface area contributed by atoms with E-state index in [0.29, 0.717) is 5.69 Å². The van der Waals surface area contributed by atoms with Crippen molar-refractivity contribution in [1.29, 1.82) is 0 Å². The number of nitrogens with zero attached hydrogens (tertiary/aromatic N) is 1. The third-order valence-electron chi connectivity index (χ3n) is 3.44. The van der Waals surface area contributed by atoms with Gasteiger partial charge in [-0.2, -0.15) is 0 Å². The van der Waals surface area contributed by atoms with E-state index in [9.17, 15) is 18.5 Å². The standard InChI is InChI=1S/C12H16N2O4S/c1-12(2)7-11(12)13-9-5-4-8(19(3,17)18)6-10(9)14(15)16/h4-6,11,13H,7H2,1-3H3. The number of anilines is 1. The van der Waals surface area contributed by atoms with E-state index in [2.05, 4.69) is 19.2 Å². The Morgan fingerprint density at radius 2 is 2.00 bits per heavy atom. The van der Waals surface area contributed by atoms with Crippen molar-refractivity contribution in [2.75, 3.05) is 11.6 Å². The van der Waals surface area contributed by atoms with Gasteiger partial charge in [0.25, 0.3) is 5.69 Å². The Morgan fingerprint density at radius 3 is 2.42 bits per heavy atom. The summed E-state index contributed by atoms with van der Waals surface area (Å²) in [5, 5.41) is 14.1. The second kappa shape index (κ2) is 4.19. The van der Waals surface area contributed by atoms with E-state index < -0.39 is 14.8 Å². The molecule has 0 amide bonds. The molecule has 1 atom stereocenters. The highest BCUT2D eigenvalue weighted by molar-refractivity contribution is 7.90. The summed E-state index contributed by atoms with van der Waals surface area (Å²) in [6, 6.07) is 4.14. The van der Waals surface area contributed by atoms with E-state index in [1.165, 1.54) is 12.1 Å². The summed E-state index contributed by atoms with van der Waals surface area (Å²) in [5.74, 6) is 0. The van der Waals surface area contributed by atoms with Crippen LogP contribution in [-0.2, 0) is 9.84 Å². The van der Waals surface area contributed by atoms with Crippen LogP contribution in [0.25, 0.3) is 0 Å². The molecule has 0 aliphatic heterocycles. The van der Waals surface area contributed by atoms with Crippen LogP contribution in [-0.4, -0.2) is 25.6 Å². The molecule has 0 heterocycles. The summed E-state index contributed by atoms with van der Waals surface area (Å²) < 4.78 is 22.8. The van der Waals surface area contributed by atoms with Crippen molar-refractivity contribution in [2.24, 2.45) is 5.41 Å². The molecular weight excluding hydrogens is 268 g/mol. The minimum Gasteiger partial charge on any atom is -0.376 e. The molecule has 19 heavy (non-hydrogen) atoms. The van der Waals surface area contributed by atoms with Gasteiger partial charge in [0.1, 0.15) is 5.69 Å². The number of benzene rings is 1. The first-order chi connectivity index (χ1) is 8.61. The molecule has 1 aromatic rings. The predicted molar refractivity (Wildman–Crippen MR) is 72.0 cm³/mol. The molecule has 104 valence electrons. The van der Waals surface area contributed by atoms with Crippen molar-refractivity contribution in [3.63, 3.8) is 0 Å². The first kappa shape index (κ1) is 13.8. The van der Waals surface area contributed by atoms with E-state index in [0.717, 1.165) is 18.7 Å². The largest absolute Gasteiger partial charge is 0.376 e. The summed E-state index contributed by atoms with van der Waals surface area (Å²) in [7, 11) is -3.44. The highest BCUT2D eigenvalue weighted by Crippen LogP contribution is 2.47. The van der Waals surface area contributed by atoms with E-state index in [4.69, 9.17) is 0 Å². The lowest BCUT2D eigenvalue weighted by Crippen LogP contribution is -2.10. The van der Waals surface area contributed by atoms with E-state index in [-0.39, 0.29) is 22.0 Å². The molecule has 0 radical (unpaired) electrons. The molecule has 1 aliphatic carbocycles.